The maximum absolute atomic E-state index is 12.8. The number of benzene rings is 1. The molecule has 0 unspecified atom stereocenters. The highest BCUT2D eigenvalue weighted by Gasteiger charge is 2.48. The number of nitrogens with one attached hydrogen (secondary N) is 1. The van der Waals surface area contributed by atoms with Crippen molar-refractivity contribution in [2.75, 3.05) is 38.8 Å². The first-order chi connectivity index (χ1) is 18.7. The molecule has 0 aliphatic carbocycles. The first kappa shape index (κ1) is 31.1. The Morgan fingerprint density at radius 3 is 2.51 bits per heavy atom. The number of rotatable bonds is 13. The Hall–Kier alpha value is -4.11. The topological polar surface area (TPSA) is 214 Å². The van der Waals surface area contributed by atoms with Crippen molar-refractivity contribution < 1.29 is 57.4 Å². The summed E-state index contributed by atoms with van der Waals surface area (Å²) in [7, 11) is 1.12. The van der Waals surface area contributed by atoms with Gasteiger partial charge in [0.05, 0.1) is 32.6 Å². The van der Waals surface area contributed by atoms with Crippen LogP contribution < -0.4 is 10.1 Å². The molecule has 0 radical (unpaired) electrons. The highest BCUT2D eigenvalue weighted by molar-refractivity contribution is 5.87. The standard InChI is InChI=1S/C23H30N4O12/c1-13(29)36-18-11-19(21(31)33-3)38-22(20(18)37-14(2)30)39-23(32)26-16-5-4-15(12-28)10-17(16)35-9-8-34-7-6-25-27-24/h4-5,10,18-20,22,28H,6-9,11-12H2,1-3H3,(H,26,32)/t18-,19-,20+,22-/m0/s1. The molecule has 1 heterocycles. The monoisotopic (exact) mass is 554 g/mol. The van der Waals surface area contributed by atoms with Crippen LogP contribution in [-0.4, -0.2) is 87.2 Å². The maximum Gasteiger partial charge on any atom is 0.414 e. The Labute approximate surface area is 223 Å². The molecule has 0 spiro atoms. The molecule has 2 N–H and O–H groups in total. The molecule has 1 amide bonds. The first-order valence-corrected chi connectivity index (χ1v) is 11.7. The predicted octanol–water partition coefficient (Wildman–Crippen LogP) is 1.58. The minimum absolute atomic E-state index is 0.0556. The van der Waals surface area contributed by atoms with Gasteiger partial charge in [-0.15, -0.1) is 0 Å². The van der Waals surface area contributed by atoms with Gasteiger partial charge in [-0.25, -0.2) is 9.59 Å². The second-order valence-corrected chi connectivity index (χ2v) is 7.91. The number of ether oxygens (including phenoxy) is 7. The van der Waals surface area contributed by atoms with Crippen LogP contribution in [0.3, 0.4) is 0 Å². The average Bonchev–Trinajstić information content (AvgIpc) is 2.89. The summed E-state index contributed by atoms with van der Waals surface area (Å²) in [4.78, 5) is 50.9. The van der Waals surface area contributed by atoms with E-state index < -0.39 is 48.6 Å². The number of esters is 3. The highest BCUT2D eigenvalue weighted by atomic mass is 16.7. The van der Waals surface area contributed by atoms with Gasteiger partial charge in [0.2, 0.25) is 12.4 Å². The minimum Gasteiger partial charge on any atom is -0.489 e. The van der Waals surface area contributed by atoms with E-state index in [0.717, 1.165) is 21.0 Å². The summed E-state index contributed by atoms with van der Waals surface area (Å²) in [5.41, 5.74) is 8.90. The Morgan fingerprint density at radius 1 is 1.13 bits per heavy atom. The van der Waals surface area contributed by atoms with Gasteiger partial charge < -0.3 is 38.3 Å². The third kappa shape index (κ3) is 10.3. The fourth-order valence-electron chi connectivity index (χ4n) is 3.44. The fraction of sp³-hybridized carbons (Fsp3) is 0.565. The smallest absolute Gasteiger partial charge is 0.414 e. The molecule has 1 saturated heterocycles. The van der Waals surface area contributed by atoms with E-state index in [1.54, 1.807) is 0 Å². The molecule has 0 saturated carbocycles. The summed E-state index contributed by atoms with van der Waals surface area (Å²) in [6, 6.07) is 4.47. The van der Waals surface area contributed by atoms with Gasteiger partial charge in [0.1, 0.15) is 18.5 Å². The van der Waals surface area contributed by atoms with Crippen LogP contribution in [0.15, 0.2) is 23.3 Å². The molecule has 16 nitrogen and oxygen atoms in total. The number of methoxy groups -OCH3 is 1. The predicted molar refractivity (Wildman–Crippen MR) is 129 cm³/mol. The lowest BCUT2D eigenvalue weighted by Crippen LogP contribution is -2.55. The van der Waals surface area contributed by atoms with Crippen molar-refractivity contribution in [2.45, 2.75) is 51.5 Å². The number of hydrogen-bond acceptors (Lipinski definition) is 13. The van der Waals surface area contributed by atoms with Gasteiger partial charge in [0.25, 0.3) is 0 Å². The fourth-order valence-corrected chi connectivity index (χ4v) is 3.44. The van der Waals surface area contributed by atoms with Crippen molar-refractivity contribution in [1.29, 1.82) is 0 Å². The van der Waals surface area contributed by atoms with Crippen LogP contribution in [0.2, 0.25) is 0 Å². The lowest BCUT2D eigenvalue weighted by molar-refractivity contribution is -0.257. The summed E-state index contributed by atoms with van der Waals surface area (Å²) in [6.07, 6.45) is -6.79. The quantitative estimate of drug-likeness (QED) is 0.0888. The number of aliphatic hydroxyl groups is 1. The number of hydrogen-bond donors (Lipinski definition) is 2. The van der Waals surface area contributed by atoms with Crippen molar-refractivity contribution in [2.24, 2.45) is 5.11 Å². The molecule has 16 heteroatoms. The Balaban J connectivity index is 2.16. The van der Waals surface area contributed by atoms with E-state index in [9.17, 15) is 24.3 Å². The molecule has 214 valence electrons. The molecule has 4 atom stereocenters. The first-order valence-electron chi connectivity index (χ1n) is 11.7. The summed E-state index contributed by atoms with van der Waals surface area (Å²) < 4.78 is 36.8. The van der Waals surface area contributed by atoms with Crippen molar-refractivity contribution in [1.82, 2.24) is 0 Å². The zero-order chi connectivity index (χ0) is 28.8. The van der Waals surface area contributed by atoms with Gasteiger partial charge in [0, 0.05) is 31.7 Å². The van der Waals surface area contributed by atoms with E-state index in [4.69, 9.17) is 34.0 Å². The third-order valence-electron chi connectivity index (χ3n) is 5.04. The SMILES string of the molecule is COC(=O)[C@@H]1C[C@H](OC(C)=O)[C@@H](OC(C)=O)[C@H](OC(=O)Nc2ccc(CO)cc2OCCOCCN=[N+]=[N-])O1. The minimum atomic E-state index is -1.65. The summed E-state index contributed by atoms with van der Waals surface area (Å²) in [6.45, 7) is 2.46. The third-order valence-corrected chi connectivity index (χ3v) is 5.04. The molecule has 0 bridgehead atoms. The van der Waals surface area contributed by atoms with Gasteiger partial charge in [-0.3, -0.25) is 14.9 Å². The van der Waals surface area contributed by atoms with E-state index in [-0.39, 0.29) is 50.8 Å². The molecule has 1 fully saturated rings. The van der Waals surface area contributed by atoms with Gasteiger partial charge in [0.15, 0.2) is 6.10 Å². The van der Waals surface area contributed by atoms with E-state index in [1.807, 2.05) is 0 Å². The van der Waals surface area contributed by atoms with Crippen LogP contribution in [0.4, 0.5) is 10.5 Å². The maximum atomic E-state index is 12.8. The molecular weight excluding hydrogens is 524 g/mol. The largest absolute Gasteiger partial charge is 0.489 e. The zero-order valence-corrected chi connectivity index (χ0v) is 21.6. The van der Waals surface area contributed by atoms with E-state index >= 15 is 0 Å². The van der Waals surface area contributed by atoms with Crippen LogP contribution >= 0.6 is 0 Å². The average molecular weight is 555 g/mol. The van der Waals surface area contributed by atoms with Crippen molar-refractivity contribution >= 4 is 29.7 Å². The van der Waals surface area contributed by atoms with Crippen LogP contribution in [0, 0.1) is 0 Å². The Bertz CT molecular complexity index is 1060. The van der Waals surface area contributed by atoms with Gasteiger partial charge in [-0.1, -0.05) is 11.2 Å². The zero-order valence-electron chi connectivity index (χ0n) is 21.6. The number of nitrogens with zero attached hydrogens (tertiary/aromatic N) is 3. The van der Waals surface area contributed by atoms with E-state index in [0.29, 0.717) is 5.56 Å². The lowest BCUT2D eigenvalue weighted by Gasteiger charge is -2.38. The molecular formula is C23H30N4O12. The van der Waals surface area contributed by atoms with Gasteiger partial charge in [-0.05, 0) is 23.2 Å². The number of amides is 1. The Morgan fingerprint density at radius 2 is 1.87 bits per heavy atom. The van der Waals surface area contributed by atoms with Crippen LogP contribution in [0.5, 0.6) is 5.75 Å². The number of carbonyl (C=O) groups excluding carboxylic acids is 4. The molecule has 1 aromatic rings. The van der Waals surface area contributed by atoms with E-state index in [1.165, 1.54) is 18.2 Å². The number of carbonyl (C=O) groups is 4. The van der Waals surface area contributed by atoms with Crippen LogP contribution in [0.1, 0.15) is 25.8 Å². The normalized spacial score (nSPS) is 20.1. The number of aliphatic hydroxyl groups excluding tert-OH is 1. The van der Waals surface area contributed by atoms with E-state index in [2.05, 4.69) is 20.1 Å². The highest BCUT2D eigenvalue weighted by Crippen LogP contribution is 2.29. The van der Waals surface area contributed by atoms with Gasteiger partial charge >= 0.3 is 24.0 Å². The summed E-state index contributed by atoms with van der Waals surface area (Å²) in [5, 5.41) is 15.3. The molecule has 39 heavy (non-hydrogen) atoms. The van der Waals surface area contributed by atoms with Crippen molar-refractivity contribution in [3.05, 3.63) is 34.2 Å². The molecule has 2 rings (SSSR count). The number of azide groups is 1. The summed E-state index contributed by atoms with van der Waals surface area (Å²) >= 11 is 0. The van der Waals surface area contributed by atoms with Crippen LogP contribution in [-0.2, 0) is 49.4 Å². The molecule has 1 aliphatic rings. The number of anilines is 1. The van der Waals surface area contributed by atoms with Crippen LogP contribution in [0.25, 0.3) is 10.4 Å². The van der Waals surface area contributed by atoms with Gasteiger partial charge in [-0.2, -0.15) is 0 Å². The van der Waals surface area contributed by atoms with Crippen molar-refractivity contribution in [3.63, 3.8) is 0 Å². The second-order valence-electron chi connectivity index (χ2n) is 7.91. The molecule has 1 aromatic carbocycles. The lowest BCUT2D eigenvalue weighted by atomic mass is 10.0. The molecule has 0 aromatic heterocycles. The second kappa shape index (κ2) is 16.0. The van der Waals surface area contributed by atoms with Crippen molar-refractivity contribution in [3.8, 4) is 5.75 Å². The molecule has 1 aliphatic heterocycles. The summed E-state index contributed by atoms with van der Waals surface area (Å²) in [5.74, 6) is -2.15. The Kier molecular flexibility index (Phi) is 12.8.